The van der Waals surface area contributed by atoms with Gasteiger partial charge in [-0.2, -0.15) is 0 Å². The number of aryl methyl sites for hydroxylation is 1. The molecule has 1 aromatic heterocycles. The van der Waals surface area contributed by atoms with Crippen LogP contribution in [0.15, 0.2) is 18.2 Å². The Morgan fingerprint density at radius 2 is 2.29 bits per heavy atom. The van der Waals surface area contributed by atoms with E-state index in [1.807, 2.05) is 0 Å². The first-order chi connectivity index (χ1) is 10.3. The van der Waals surface area contributed by atoms with E-state index in [1.54, 1.807) is 0 Å². The number of aromatic nitrogens is 3. The highest BCUT2D eigenvalue weighted by Crippen LogP contribution is 2.26. The fourth-order valence-electron chi connectivity index (χ4n) is 3.21. The number of ether oxygens (including phenoxy) is 1. The van der Waals surface area contributed by atoms with Crippen LogP contribution in [0.3, 0.4) is 0 Å². The minimum absolute atomic E-state index is 0.217. The van der Waals surface area contributed by atoms with Crippen molar-refractivity contribution < 1.29 is 4.74 Å². The largest absolute Gasteiger partial charge is 0.493 e. The minimum atomic E-state index is 0.217. The minimum Gasteiger partial charge on any atom is -0.493 e. The van der Waals surface area contributed by atoms with Gasteiger partial charge < -0.3 is 14.6 Å². The Kier molecular flexibility index (Phi) is 3.15. The Morgan fingerprint density at radius 1 is 1.33 bits per heavy atom. The summed E-state index contributed by atoms with van der Waals surface area (Å²) >= 11 is 0. The highest BCUT2D eigenvalue weighted by molar-refractivity contribution is 5.39. The maximum Gasteiger partial charge on any atom is 0.149 e. The summed E-state index contributed by atoms with van der Waals surface area (Å²) in [5.74, 6) is 3.24. The topological polar surface area (TPSA) is 52.0 Å². The summed E-state index contributed by atoms with van der Waals surface area (Å²) in [6.07, 6.45) is 3.27. The Morgan fingerprint density at radius 3 is 3.24 bits per heavy atom. The van der Waals surface area contributed by atoms with Crippen molar-refractivity contribution in [3.05, 3.63) is 41.0 Å². The number of fused-ring (bicyclic) bond motifs is 2. The molecule has 0 amide bonds. The van der Waals surface area contributed by atoms with E-state index < -0.39 is 0 Å². The van der Waals surface area contributed by atoms with Crippen molar-refractivity contribution in [3.63, 3.8) is 0 Å². The van der Waals surface area contributed by atoms with Crippen molar-refractivity contribution in [3.8, 4) is 5.75 Å². The SMILES string of the molecule is CC(NCc1ccc2c(c1)CCO2)c1nnc2n1CCC2. The van der Waals surface area contributed by atoms with Gasteiger partial charge in [-0.3, -0.25) is 0 Å². The molecule has 0 radical (unpaired) electrons. The first-order valence-corrected chi connectivity index (χ1v) is 7.71. The van der Waals surface area contributed by atoms with Gasteiger partial charge in [-0.25, -0.2) is 0 Å². The van der Waals surface area contributed by atoms with Gasteiger partial charge in [0.2, 0.25) is 0 Å². The van der Waals surface area contributed by atoms with E-state index in [-0.39, 0.29) is 6.04 Å². The zero-order valence-electron chi connectivity index (χ0n) is 12.3. The molecule has 3 heterocycles. The number of hydrogen-bond donors (Lipinski definition) is 1. The fourth-order valence-corrected chi connectivity index (χ4v) is 3.21. The van der Waals surface area contributed by atoms with E-state index in [2.05, 4.69) is 45.2 Å². The van der Waals surface area contributed by atoms with E-state index in [1.165, 1.54) is 17.5 Å². The lowest BCUT2D eigenvalue weighted by Gasteiger charge is -2.14. The number of hydrogen-bond acceptors (Lipinski definition) is 4. The van der Waals surface area contributed by atoms with Crippen LogP contribution in [-0.4, -0.2) is 21.4 Å². The number of nitrogens with one attached hydrogen (secondary N) is 1. The standard InChI is InChI=1S/C16H20N4O/c1-11(16-19-18-15-3-2-7-20(15)16)17-10-12-4-5-14-13(9-12)6-8-21-14/h4-5,9,11,17H,2-3,6-8,10H2,1H3. The Labute approximate surface area is 124 Å². The van der Waals surface area contributed by atoms with Crippen LogP contribution < -0.4 is 10.1 Å². The van der Waals surface area contributed by atoms with Crippen molar-refractivity contribution in [1.82, 2.24) is 20.1 Å². The monoisotopic (exact) mass is 284 g/mol. The molecule has 1 aromatic carbocycles. The van der Waals surface area contributed by atoms with Gasteiger partial charge in [0.05, 0.1) is 12.6 Å². The van der Waals surface area contributed by atoms with Crippen molar-refractivity contribution >= 4 is 0 Å². The third-order valence-electron chi connectivity index (χ3n) is 4.39. The van der Waals surface area contributed by atoms with E-state index in [0.717, 1.165) is 49.9 Å². The van der Waals surface area contributed by atoms with Crippen LogP contribution in [0.25, 0.3) is 0 Å². The highest BCUT2D eigenvalue weighted by atomic mass is 16.5. The predicted octanol–water partition coefficient (Wildman–Crippen LogP) is 2.01. The van der Waals surface area contributed by atoms with Crippen LogP contribution >= 0.6 is 0 Å². The molecule has 0 saturated carbocycles. The molecule has 4 rings (SSSR count). The van der Waals surface area contributed by atoms with Gasteiger partial charge in [-0.1, -0.05) is 12.1 Å². The predicted molar refractivity (Wildman–Crippen MR) is 79.2 cm³/mol. The van der Waals surface area contributed by atoms with Gasteiger partial charge in [0.25, 0.3) is 0 Å². The quantitative estimate of drug-likeness (QED) is 0.933. The summed E-state index contributed by atoms with van der Waals surface area (Å²) in [5, 5.41) is 12.2. The average Bonchev–Trinajstić information content (AvgIpc) is 3.19. The molecule has 1 unspecified atom stereocenters. The molecule has 1 atom stereocenters. The van der Waals surface area contributed by atoms with Crippen LogP contribution in [0.4, 0.5) is 0 Å². The first kappa shape index (κ1) is 12.8. The molecule has 0 bridgehead atoms. The first-order valence-electron chi connectivity index (χ1n) is 7.71. The summed E-state index contributed by atoms with van der Waals surface area (Å²) in [4.78, 5) is 0. The van der Waals surface area contributed by atoms with Crippen LogP contribution in [0, 0.1) is 0 Å². The Bertz CT molecular complexity index is 664. The molecule has 0 saturated heterocycles. The summed E-state index contributed by atoms with van der Waals surface area (Å²) in [7, 11) is 0. The number of benzene rings is 1. The maximum absolute atomic E-state index is 5.55. The average molecular weight is 284 g/mol. The molecule has 0 aliphatic carbocycles. The van der Waals surface area contributed by atoms with E-state index in [4.69, 9.17) is 4.74 Å². The highest BCUT2D eigenvalue weighted by Gasteiger charge is 2.21. The van der Waals surface area contributed by atoms with Crippen LogP contribution in [0.1, 0.15) is 42.2 Å². The molecule has 0 fully saturated rings. The summed E-state index contributed by atoms with van der Waals surface area (Å²) in [6.45, 7) is 4.87. The third kappa shape index (κ3) is 2.31. The molecule has 2 aliphatic rings. The molecule has 0 spiro atoms. The zero-order chi connectivity index (χ0) is 14.2. The van der Waals surface area contributed by atoms with Crippen LogP contribution in [0.5, 0.6) is 5.75 Å². The molecule has 21 heavy (non-hydrogen) atoms. The van der Waals surface area contributed by atoms with Crippen molar-refractivity contribution in [2.45, 2.75) is 45.3 Å². The van der Waals surface area contributed by atoms with Gasteiger partial charge in [0.1, 0.15) is 17.4 Å². The van der Waals surface area contributed by atoms with E-state index >= 15 is 0 Å². The lowest BCUT2D eigenvalue weighted by atomic mass is 10.1. The van der Waals surface area contributed by atoms with Gasteiger partial charge in [-0.05, 0) is 30.5 Å². The summed E-state index contributed by atoms with van der Waals surface area (Å²) in [5.41, 5.74) is 2.62. The molecule has 2 aromatic rings. The molecule has 5 heteroatoms. The number of rotatable bonds is 4. The molecular formula is C16H20N4O. The smallest absolute Gasteiger partial charge is 0.149 e. The molecule has 5 nitrogen and oxygen atoms in total. The molecular weight excluding hydrogens is 264 g/mol. The van der Waals surface area contributed by atoms with Gasteiger partial charge >= 0.3 is 0 Å². The van der Waals surface area contributed by atoms with Gasteiger partial charge in [0.15, 0.2) is 0 Å². The second-order valence-corrected chi connectivity index (χ2v) is 5.87. The van der Waals surface area contributed by atoms with Gasteiger partial charge in [0, 0.05) is 25.9 Å². The van der Waals surface area contributed by atoms with E-state index in [0.29, 0.717) is 0 Å². The summed E-state index contributed by atoms with van der Waals surface area (Å²) in [6, 6.07) is 6.68. The molecule has 1 N–H and O–H groups in total. The lowest BCUT2D eigenvalue weighted by Crippen LogP contribution is -2.21. The second-order valence-electron chi connectivity index (χ2n) is 5.87. The van der Waals surface area contributed by atoms with Crippen LogP contribution in [0.2, 0.25) is 0 Å². The normalized spacial score (nSPS) is 17.4. The molecule has 110 valence electrons. The van der Waals surface area contributed by atoms with E-state index in [9.17, 15) is 0 Å². The Hall–Kier alpha value is -1.88. The molecule has 2 aliphatic heterocycles. The lowest BCUT2D eigenvalue weighted by molar-refractivity contribution is 0.357. The third-order valence-corrected chi connectivity index (χ3v) is 4.39. The van der Waals surface area contributed by atoms with Crippen molar-refractivity contribution in [1.29, 1.82) is 0 Å². The van der Waals surface area contributed by atoms with Gasteiger partial charge in [-0.15, -0.1) is 10.2 Å². The Balaban J connectivity index is 1.44. The van der Waals surface area contributed by atoms with Crippen molar-refractivity contribution in [2.24, 2.45) is 0 Å². The zero-order valence-corrected chi connectivity index (χ0v) is 12.3. The number of nitrogens with zero attached hydrogens (tertiary/aromatic N) is 3. The second kappa shape index (κ2) is 5.15. The summed E-state index contributed by atoms with van der Waals surface area (Å²) < 4.78 is 7.80. The maximum atomic E-state index is 5.55. The fraction of sp³-hybridized carbons (Fsp3) is 0.500. The van der Waals surface area contributed by atoms with Crippen molar-refractivity contribution in [2.75, 3.05) is 6.61 Å². The van der Waals surface area contributed by atoms with Crippen LogP contribution in [-0.2, 0) is 25.9 Å².